The first-order valence-electron chi connectivity index (χ1n) is 8.70. The number of nitrogens with one attached hydrogen (secondary N) is 2. The first-order valence-corrected chi connectivity index (χ1v) is 9.08. The highest BCUT2D eigenvalue weighted by Crippen LogP contribution is 2.21. The van der Waals surface area contributed by atoms with Gasteiger partial charge in [0.05, 0.1) is 24.5 Å². The number of aromatic nitrogens is 4. The summed E-state index contributed by atoms with van der Waals surface area (Å²) in [6, 6.07) is 16.8. The Morgan fingerprint density at radius 3 is 2.64 bits per heavy atom. The molecular formula is C20H18ClN5O2. The second-order valence-corrected chi connectivity index (χ2v) is 6.68. The van der Waals surface area contributed by atoms with Gasteiger partial charge in [-0.15, -0.1) is 0 Å². The average Bonchev–Trinajstić information content (AvgIpc) is 3.13. The van der Waals surface area contributed by atoms with Crippen LogP contribution in [0.2, 0.25) is 5.02 Å². The molecule has 0 amide bonds. The number of benzene rings is 2. The molecule has 0 aliphatic carbocycles. The highest BCUT2D eigenvalue weighted by atomic mass is 35.5. The van der Waals surface area contributed by atoms with E-state index in [1.165, 1.54) is 6.20 Å². The number of anilines is 1. The van der Waals surface area contributed by atoms with Crippen molar-refractivity contribution >= 4 is 28.6 Å². The molecule has 4 rings (SSSR count). The molecule has 2 aromatic carbocycles. The molecule has 7 nitrogen and oxygen atoms in total. The van der Waals surface area contributed by atoms with E-state index < -0.39 is 0 Å². The Bertz CT molecular complexity index is 1140. The third kappa shape index (κ3) is 3.62. The number of H-pyrrole nitrogens is 1. The van der Waals surface area contributed by atoms with E-state index in [4.69, 9.17) is 16.3 Å². The zero-order valence-electron chi connectivity index (χ0n) is 15.1. The van der Waals surface area contributed by atoms with Crippen LogP contribution in [0.1, 0.15) is 11.6 Å². The Labute approximate surface area is 165 Å². The summed E-state index contributed by atoms with van der Waals surface area (Å²) in [5, 5.41) is 8.63. The number of hydrogen-bond acceptors (Lipinski definition) is 5. The molecule has 2 N–H and O–H groups in total. The van der Waals surface area contributed by atoms with Crippen molar-refractivity contribution in [3.05, 3.63) is 81.7 Å². The molecular weight excluding hydrogens is 378 g/mol. The number of ether oxygens (including phenoxy) is 1. The van der Waals surface area contributed by atoms with Crippen molar-refractivity contribution in [3.8, 4) is 5.69 Å². The number of hydrogen-bond donors (Lipinski definition) is 2. The lowest BCUT2D eigenvalue weighted by molar-refractivity contribution is 0.186. The van der Waals surface area contributed by atoms with Crippen LogP contribution >= 0.6 is 11.6 Å². The molecule has 0 saturated heterocycles. The molecule has 0 aliphatic heterocycles. The Kier molecular flexibility index (Phi) is 5.10. The molecule has 142 valence electrons. The topological polar surface area (TPSA) is 84.8 Å². The van der Waals surface area contributed by atoms with E-state index in [0.29, 0.717) is 28.6 Å². The van der Waals surface area contributed by atoms with Gasteiger partial charge in [0.2, 0.25) is 5.95 Å². The number of nitrogens with zero attached hydrogens (tertiary/aromatic N) is 3. The van der Waals surface area contributed by atoms with Gasteiger partial charge < -0.3 is 10.1 Å². The maximum absolute atomic E-state index is 12.5. The summed E-state index contributed by atoms with van der Waals surface area (Å²) in [5.41, 5.74) is 2.00. The van der Waals surface area contributed by atoms with Gasteiger partial charge >= 0.3 is 0 Å². The minimum atomic E-state index is -0.262. The van der Waals surface area contributed by atoms with Gasteiger partial charge in [0.1, 0.15) is 5.39 Å². The number of para-hydroxylation sites is 1. The predicted molar refractivity (Wildman–Crippen MR) is 109 cm³/mol. The van der Waals surface area contributed by atoms with Gasteiger partial charge in [0, 0.05) is 12.1 Å². The maximum atomic E-state index is 12.5. The first kappa shape index (κ1) is 18.2. The van der Waals surface area contributed by atoms with Crippen LogP contribution in [-0.4, -0.2) is 33.5 Å². The van der Waals surface area contributed by atoms with Gasteiger partial charge in [-0.25, -0.2) is 4.68 Å². The van der Waals surface area contributed by atoms with Crippen LogP contribution in [0.4, 0.5) is 5.95 Å². The number of methoxy groups -OCH3 is 1. The smallest absolute Gasteiger partial charge is 0.263 e. The molecule has 0 bridgehead atoms. The van der Waals surface area contributed by atoms with Gasteiger partial charge in [-0.3, -0.25) is 9.78 Å². The summed E-state index contributed by atoms with van der Waals surface area (Å²) in [4.78, 5) is 19.9. The van der Waals surface area contributed by atoms with Crippen LogP contribution in [0.25, 0.3) is 16.7 Å². The van der Waals surface area contributed by atoms with Crippen molar-refractivity contribution in [1.82, 2.24) is 19.7 Å². The molecule has 0 saturated carbocycles. The van der Waals surface area contributed by atoms with Crippen molar-refractivity contribution in [3.63, 3.8) is 0 Å². The minimum absolute atomic E-state index is 0.212. The molecule has 0 fully saturated rings. The molecule has 28 heavy (non-hydrogen) atoms. The molecule has 2 aromatic heterocycles. The van der Waals surface area contributed by atoms with E-state index in [0.717, 1.165) is 11.3 Å². The number of halogens is 1. The van der Waals surface area contributed by atoms with Crippen LogP contribution in [0.5, 0.6) is 0 Å². The lowest BCUT2D eigenvalue weighted by atomic mass is 10.1. The average molecular weight is 396 g/mol. The van der Waals surface area contributed by atoms with E-state index in [1.807, 2.05) is 54.6 Å². The molecule has 1 atom stereocenters. The Morgan fingerprint density at radius 1 is 1.18 bits per heavy atom. The van der Waals surface area contributed by atoms with Crippen LogP contribution < -0.4 is 10.9 Å². The summed E-state index contributed by atoms with van der Waals surface area (Å²) in [6.07, 6.45) is 1.52. The Balaban J connectivity index is 1.73. The SMILES string of the molecule is COC[C@H](Nc1nc2c(cnn2-c2ccccc2)c(=O)[nH]1)c1ccc(Cl)cc1. The fourth-order valence-electron chi connectivity index (χ4n) is 2.99. The summed E-state index contributed by atoms with van der Waals surface area (Å²) in [5.74, 6) is 0.340. The molecule has 0 aliphatic rings. The molecule has 0 spiro atoms. The third-order valence-electron chi connectivity index (χ3n) is 4.36. The van der Waals surface area contributed by atoms with Gasteiger partial charge in [-0.2, -0.15) is 10.1 Å². The zero-order chi connectivity index (χ0) is 19.5. The second kappa shape index (κ2) is 7.84. The normalized spacial score (nSPS) is 12.2. The Morgan fingerprint density at radius 2 is 1.93 bits per heavy atom. The standard InChI is InChI=1S/C20H18ClN5O2/c1-28-12-17(13-7-9-14(21)10-8-13)23-20-24-18-16(19(27)25-20)11-22-26(18)15-5-3-2-4-6-15/h2-11,17H,12H2,1H3,(H2,23,24,25,27)/t17-/m0/s1. The highest BCUT2D eigenvalue weighted by Gasteiger charge is 2.16. The van der Waals surface area contributed by atoms with Crippen LogP contribution in [0.15, 0.2) is 65.6 Å². The van der Waals surface area contributed by atoms with E-state index in [2.05, 4.69) is 20.4 Å². The van der Waals surface area contributed by atoms with Crippen molar-refractivity contribution < 1.29 is 4.74 Å². The monoisotopic (exact) mass is 395 g/mol. The quantitative estimate of drug-likeness (QED) is 0.521. The van der Waals surface area contributed by atoms with Gasteiger partial charge in [-0.05, 0) is 29.8 Å². The summed E-state index contributed by atoms with van der Waals surface area (Å²) in [6.45, 7) is 0.390. The third-order valence-corrected chi connectivity index (χ3v) is 4.61. The largest absolute Gasteiger partial charge is 0.382 e. The number of rotatable bonds is 6. The van der Waals surface area contributed by atoms with E-state index in [1.54, 1.807) is 11.8 Å². The molecule has 0 radical (unpaired) electrons. The van der Waals surface area contributed by atoms with Gasteiger partial charge in [0.25, 0.3) is 5.56 Å². The molecule has 8 heteroatoms. The van der Waals surface area contributed by atoms with Crippen LogP contribution in [-0.2, 0) is 4.74 Å². The van der Waals surface area contributed by atoms with Crippen molar-refractivity contribution in [2.75, 3.05) is 19.0 Å². The van der Waals surface area contributed by atoms with E-state index >= 15 is 0 Å². The maximum Gasteiger partial charge on any atom is 0.263 e. The van der Waals surface area contributed by atoms with Gasteiger partial charge in [-0.1, -0.05) is 41.9 Å². The van der Waals surface area contributed by atoms with E-state index in [9.17, 15) is 4.79 Å². The van der Waals surface area contributed by atoms with E-state index in [-0.39, 0.29) is 11.6 Å². The zero-order valence-corrected chi connectivity index (χ0v) is 15.8. The summed E-state index contributed by atoms with van der Waals surface area (Å²) in [7, 11) is 1.62. The fourth-order valence-corrected chi connectivity index (χ4v) is 3.12. The highest BCUT2D eigenvalue weighted by molar-refractivity contribution is 6.30. The van der Waals surface area contributed by atoms with Crippen molar-refractivity contribution in [1.29, 1.82) is 0 Å². The summed E-state index contributed by atoms with van der Waals surface area (Å²) >= 11 is 5.98. The summed E-state index contributed by atoms with van der Waals surface area (Å²) < 4.78 is 6.97. The van der Waals surface area contributed by atoms with Crippen molar-refractivity contribution in [2.24, 2.45) is 0 Å². The second-order valence-electron chi connectivity index (χ2n) is 6.25. The number of aromatic amines is 1. The van der Waals surface area contributed by atoms with Crippen LogP contribution in [0, 0.1) is 0 Å². The fraction of sp³-hybridized carbons (Fsp3) is 0.150. The number of fused-ring (bicyclic) bond motifs is 1. The van der Waals surface area contributed by atoms with Crippen LogP contribution in [0.3, 0.4) is 0 Å². The first-order chi connectivity index (χ1) is 13.7. The van der Waals surface area contributed by atoms with Crippen molar-refractivity contribution in [2.45, 2.75) is 6.04 Å². The molecule has 4 aromatic rings. The lowest BCUT2D eigenvalue weighted by Crippen LogP contribution is -2.20. The minimum Gasteiger partial charge on any atom is -0.382 e. The van der Waals surface area contributed by atoms with Gasteiger partial charge in [0.15, 0.2) is 5.65 Å². The molecule has 2 heterocycles. The molecule has 0 unspecified atom stereocenters. The predicted octanol–water partition coefficient (Wildman–Crippen LogP) is 3.56. The lowest BCUT2D eigenvalue weighted by Gasteiger charge is -2.19. The Hall–Kier alpha value is -3.16.